The summed E-state index contributed by atoms with van der Waals surface area (Å²) in [5.41, 5.74) is 1.64. The van der Waals surface area contributed by atoms with Crippen molar-refractivity contribution in [3.8, 4) is 11.5 Å². The van der Waals surface area contributed by atoms with E-state index < -0.39 is 0 Å². The van der Waals surface area contributed by atoms with Crippen LogP contribution in [0.15, 0.2) is 48.7 Å². The number of aromatic amines is 1. The standard InChI is InChI=1S/C17H14N6OS/c24-14(8-9-15-19-11-5-1-2-7-13(11)25-15)20-17-21-16(22-23-17)12-6-3-4-10-18-12/h1-7,10H,8-9H2,(H2,20,21,22,23,24). The topological polar surface area (TPSA) is 96.5 Å². The molecular weight excluding hydrogens is 336 g/mol. The quantitative estimate of drug-likeness (QED) is 0.577. The van der Waals surface area contributed by atoms with Crippen molar-refractivity contribution in [1.82, 2.24) is 25.1 Å². The van der Waals surface area contributed by atoms with Gasteiger partial charge in [0.05, 0.1) is 15.2 Å². The molecule has 25 heavy (non-hydrogen) atoms. The van der Waals surface area contributed by atoms with Gasteiger partial charge in [0, 0.05) is 19.0 Å². The van der Waals surface area contributed by atoms with Crippen molar-refractivity contribution in [3.63, 3.8) is 0 Å². The number of hydrogen-bond acceptors (Lipinski definition) is 6. The van der Waals surface area contributed by atoms with E-state index in [0.717, 1.165) is 15.2 Å². The van der Waals surface area contributed by atoms with Gasteiger partial charge < -0.3 is 0 Å². The molecule has 2 N–H and O–H groups in total. The zero-order valence-electron chi connectivity index (χ0n) is 13.1. The van der Waals surface area contributed by atoms with E-state index in [-0.39, 0.29) is 11.9 Å². The summed E-state index contributed by atoms with van der Waals surface area (Å²) in [5, 5.41) is 10.4. The molecule has 0 bridgehead atoms. The lowest BCUT2D eigenvalue weighted by atomic mass is 10.3. The minimum Gasteiger partial charge on any atom is -0.293 e. The minimum atomic E-state index is -0.147. The Kier molecular flexibility index (Phi) is 4.17. The fourth-order valence-electron chi connectivity index (χ4n) is 2.37. The first-order valence-electron chi connectivity index (χ1n) is 7.76. The van der Waals surface area contributed by atoms with E-state index >= 15 is 0 Å². The Morgan fingerprint density at radius 2 is 2.00 bits per heavy atom. The molecular formula is C17H14N6OS. The number of nitrogens with one attached hydrogen (secondary N) is 2. The first-order valence-corrected chi connectivity index (χ1v) is 8.58. The molecule has 1 amide bonds. The van der Waals surface area contributed by atoms with E-state index in [0.29, 0.717) is 24.4 Å². The number of carbonyl (C=O) groups is 1. The van der Waals surface area contributed by atoms with Crippen LogP contribution in [0.25, 0.3) is 21.7 Å². The maximum Gasteiger partial charge on any atom is 0.249 e. The lowest BCUT2D eigenvalue weighted by Crippen LogP contribution is -2.13. The number of aryl methyl sites for hydroxylation is 1. The monoisotopic (exact) mass is 350 g/mol. The molecule has 8 heteroatoms. The average molecular weight is 350 g/mol. The van der Waals surface area contributed by atoms with Gasteiger partial charge in [0.2, 0.25) is 11.9 Å². The lowest BCUT2D eigenvalue weighted by molar-refractivity contribution is -0.116. The summed E-state index contributed by atoms with van der Waals surface area (Å²) < 4.78 is 1.13. The van der Waals surface area contributed by atoms with E-state index in [1.165, 1.54) is 0 Å². The molecule has 4 aromatic rings. The number of thiazole rings is 1. The fourth-order valence-corrected chi connectivity index (χ4v) is 3.34. The second-order valence-electron chi connectivity index (χ2n) is 5.35. The second-order valence-corrected chi connectivity index (χ2v) is 6.46. The maximum absolute atomic E-state index is 12.1. The molecule has 3 aromatic heterocycles. The van der Waals surface area contributed by atoms with Crippen molar-refractivity contribution < 1.29 is 4.79 Å². The molecule has 4 rings (SSSR count). The van der Waals surface area contributed by atoms with Crippen molar-refractivity contribution >= 4 is 33.4 Å². The number of pyridine rings is 1. The third kappa shape index (κ3) is 3.53. The number of carbonyl (C=O) groups excluding carboxylic acids is 1. The van der Waals surface area contributed by atoms with E-state index in [1.807, 2.05) is 42.5 Å². The van der Waals surface area contributed by atoms with Gasteiger partial charge in [0.25, 0.3) is 0 Å². The first-order chi connectivity index (χ1) is 12.3. The lowest BCUT2D eigenvalue weighted by Gasteiger charge is -1.98. The summed E-state index contributed by atoms with van der Waals surface area (Å²) in [7, 11) is 0. The van der Waals surface area contributed by atoms with E-state index in [4.69, 9.17) is 0 Å². The van der Waals surface area contributed by atoms with Gasteiger partial charge in [-0.05, 0) is 24.3 Å². The highest BCUT2D eigenvalue weighted by Gasteiger charge is 2.11. The molecule has 0 saturated heterocycles. The molecule has 0 atom stereocenters. The number of fused-ring (bicyclic) bond motifs is 1. The Bertz CT molecular complexity index is 977. The van der Waals surface area contributed by atoms with E-state index in [9.17, 15) is 4.79 Å². The molecule has 0 spiro atoms. The molecule has 0 aliphatic heterocycles. The van der Waals surface area contributed by atoms with Gasteiger partial charge in [-0.1, -0.05) is 18.2 Å². The number of H-pyrrole nitrogens is 1. The predicted molar refractivity (Wildman–Crippen MR) is 96.2 cm³/mol. The highest BCUT2D eigenvalue weighted by atomic mass is 32.1. The summed E-state index contributed by atoms with van der Waals surface area (Å²) in [6, 6.07) is 13.5. The Morgan fingerprint density at radius 1 is 1.12 bits per heavy atom. The summed E-state index contributed by atoms with van der Waals surface area (Å²) in [6.45, 7) is 0. The summed E-state index contributed by atoms with van der Waals surface area (Å²) in [6.07, 6.45) is 2.59. The van der Waals surface area contributed by atoms with Crippen LogP contribution in [0.5, 0.6) is 0 Å². The number of nitrogens with zero attached hydrogens (tertiary/aromatic N) is 4. The number of hydrogen-bond donors (Lipinski definition) is 2. The van der Waals surface area contributed by atoms with Gasteiger partial charge >= 0.3 is 0 Å². The average Bonchev–Trinajstić information content (AvgIpc) is 3.27. The van der Waals surface area contributed by atoms with Crippen LogP contribution in [0.1, 0.15) is 11.4 Å². The third-order valence-electron chi connectivity index (χ3n) is 3.55. The van der Waals surface area contributed by atoms with Gasteiger partial charge in [0.1, 0.15) is 5.69 Å². The van der Waals surface area contributed by atoms with E-state index in [1.54, 1.807) is 17.5 Å². The maximum atomic E-state index is 12.1. The number of rotatable bonds is 5. The van der Waals surface area contributed by atoms with Crippen molar-refractivity contribution in [2.45, 2.75) is 12.8 Å². The molecule has 124 valence electrons. The molecule has 7 nitrogen and oxygen atoms in total. The fraction of sp³-hybridized carbons (Fsp3) is 0.118. The SMILES string of the molecule is O=C(CCc1nc2ccccc2s1)Nc1n[nH]c(-c2ccccn2)n1. The Balaban J connectivity index is 1.37. The van der Waals surface area contributed by atoms with Crippen LogP contribution < -0.4 is 5.32 Å². The van der Waals surface area contributed by atoms with E-state index in [2.05, 4.69) is 30.5 Å². The van der Waals surface area contributed by atoms with Gasteiger partial charge in [-0.2, -0.15) is 4.98 Å². The Morgan fingerprint density at radius 3 is 2.84 bits per heavy atom. The summed E-state index contributed by atoms with van der Waals surface area (Å²) >= 11 is 1.61. The van der Waals surface area contributed by atoms with Crippen LogP contribution in [0.4, 0.5) is 5.95 Å². The Labute approximate surface area is 147 Å². The number of benzene rings is 1. The molecule has 0 saturated carbocycles. The zero-order chi connectivity index (χ0) is 17.1. The van der Waals surface area contributed by atoms with Crippen LogP contribution in [-0.4, -0.2) is 31.1 Å². The summed E-state index contributed by atoms with van der Waals surface area (Å²) in [5.74, 6) is 0.614. The molecule has 0 unspecified atom stereocenters. The first kappa shape index (κ1) is 15.4. The number of aromatic nitrogens is 5. The van der Waals surface area contributed by atoms with Crippen LogP contribution in [0.2, 0.25) is 0 Å². The largest absolute Gasteiger partial charge is 0.293 e. The number of para-hydroxylation sites is 1. The second kappa shape index (κ2) is 6.78. The van der Waals surface area contributed by atoms with Crippen molar-refractivity contribution in [3.05, 3.63) is 53.7 Å². The third-order valence-corrected chi connectivity index (χ3v) is 4.64. The highest BCUT2D eigenvalue weighted by Crippen LogP contribution is 2.22. The summed E-state index contributed by atoms with van der Waals surface area (Å²) in [4.78, 5) is 25.1. The van der Waals surface area contributed by atoms with Gasteiger partial charge in [-0.25, -0.2) is 4.98 Å². The number of anilines is 1. The predicted octanol–water partition coefficient (Wildman–Crippen LogP) is 3.05. The van der Waals surface area contributed by atoms with Crippen LogP contribution in [-0.2, 0) is 11.2 Å². The van der Waals surface area contributed by atoms with Crippen LogP contribution in [0, 0.1) is 0 Å². The smallest absolute Gasteiger partial charge is 0.249 e. The van der Waals surface area contributed by atoms with Crippen molar-refractivity contribution in [2.75, 3.05) is 5.32 Å². The number of amides is 1. The normalized spacial score (nSPS) is 10.9. The minimum absolute atomic E-state index is 0.147. The molecule has 1 aromatic carbocycles. The molecule has 3 heterocycles. The van der Waals surface area contributed by atoms with Gasteiger partial charge in [-0.15, -0.1) is 16.4 Å². The molecule has 0 fully saturated rings. The molecule has 0 aliphatic rings. The van der Waals surface area contributed by atoms with Crippen molar-refractivity contribution in [2.24, 2.45) is 0 Å². The Hall–Kier alpha value is -3.13. The van der Waals surface area contributed by atoms with Crippen molar-refractivity contribution in [1.29, 1.82) is 0 Å². The molecule has 0 radical (unpaired) electrons. The highest BCUT2D eigenvalue weighted by molar-refractivity contribution is 7.18. The zero-order valence-corrected chi connectivity index (χ0v) is 14.0. The van der Waals surface area contributed by atoms with Gasteiger partial charge in [0.15, 0.2) is 5.82 Å². The van der Waals surface area contributed by atoms with Gasteiger partial charge in [-0.3, -0.25) is 20.2 Å². The van der Waals surface area contributed by atoms with Crippen LogP contribution >= 0.6 is 11.3 Å². The van der Waals surface area contributed by atoms with Crippen LogP contribution in [0.3, 0.4) is 0 Å². The molecule has 0 aliphatic carbocycles.